The molecule has 0 amide bonds. The summed E-state index contributed by atoms with van der Waals surface area (Å²) in [6.07, 6.45) is 9.91. The minimum Gasteiger partial charge on any atom is -0.393 e. The van der Waals surface area contributed by atoms with Gasteiger partial charge in [-0.25, -0.2) is 0 Å². The van der Waals surface area contributed by atoms with E-state index in [0.29, 0.717) is 17.5 Å². The van der Waals surface area contributed by atoms with Gasteiger partial charge in [0.15, 0.2) is 0 Å². The Labute approximate surface area is 104 Å². The normalized spacial score (nSPS) is 40.9. The number of aliphatic hydroxyl groups excluding tert-OH is 1. The molecule has 3 aliphatic rings. The highest BCUT2D eigenvalue weighted by Gasteiger charge is 2.44. The molecule has 2 atom stereocenters. The molecular formula is C14H26N2O. The van der Waals surface area contributed by atoms with Crippen LogP contribution in [0.5, 0.6) is 0 Å². The molecule has 0 aromatic rings. The average molecular weight is 238 g/mol. The second-order valence-corrected chi connectivity index (χ2v) is 6.59. The maximum atomic E-state index is 9.84. The van der Waals surface area contributed by atoms with Gasteiger partial charge in [0, 0.05) is 18.6 Å². The summed E-state index contributed by atoms with van der Waals surface area (Å²) in [4.78, 5) is 2.70. The summed E-state index contributed by atoms with van der Waals surface area (Å²) in [5.41, 5.74) is 6.45. The molecule has 3 rings (SSSR count). The van der Waals surface area contributed by atoms with Crippen molar-refractivity contribution in [2.75, 3.05) is 13.1 Å². The summed E-state index contributed by atoms with van der Waals surface area (Å²) in [5, 5.41) is 9.84. The van der Waals surface area contributed by atoms with Crippen molar-refractivity contribution in [3.8, 4) is 0 Å². The summed E-state index contributed by atoms with van der Waals surface area (Å²) in [5.74, 6) is 0. The van der Waals surface area contributed by atoms with Crippen LogP contribution in [-0.2, 0) is 0 Å². The zero-order valence-electron chi connectivity index (χ0n) is 10.8. The molecular weight excluding hydrogens is 212 g/mol. The predicted molar refractivity (Wildman–Crippen MR) is 68.7 cm³/mol. The van der Waals surface area contributed by atoms with Crippen LogP contribution in [0.3, 0.4) is 0 Å². The van der Waals surface area contributed by atoms with Crippen molar-refractivity contribution in [1.29, 1.82) is 0 Å². The molecule has 2 unspecified atom stereocenters. The first-order valence-corrected chi connectivity index (χ1v) is 7.36. The van der Waals surface area contributed by atoms with E-state index in [0.717, 1.165) is 19.4 Å². The van der Waals surface area contributed by atoms with Crippen molar-refractivity contribution < 1.29 is 5.11 Å². The number of hydrogen-bond acceptors (Lipinski definition) is 3. The number of hydrogen-bond donors (Lipinski definition) is 2. The zero-order chi connectivity index (χ0) is 11.9. The fourth-order valence-electron chi connectivity index (χ4n) is 4.44. The molecule has 1 aliphatic carbocycles. The molecule has 2 saturated heterocycles. The lowest BCUT2D eigenvalue weighted by Crippen LogP contribution is -2.50. The number of piperidine rings is 1. The Kier molecular flexibility index (Phi) is 3.18. The maximum absolute atomic E-state index is 9.84. The summed E-state index contributed by atoms with van der Waals surface area (Å²) >= 11 is 0. The Bertz CT molecular complexity index is 261. The van der Waals surface area contributed by atoms with Crippen LogP contribution >= 0.6 is 0 Å². The van der Waals surface area contributed by atoms with Crippen LogP contribution < -0.4 is 5.73 Å². The quantitative estimate of drug-likeness (QED) is 0.783. The van der Waals surface area contributed by atoms with Crippen molar-refractivity contribution in [1.82, 2.24) is 4.90 Å². The molecule has 2 bridgehead atoms. The van der Waals surface area contributed by atoms with Crippen LogP contribution in [0.25, 0.3) is 0 Å². The van der Waals surface area contributed by atoms with Crippen LogP contribution in [0.4, 0.5) is 0 Å². The van der Waals surface area contributed by atoms with E-state index in [-0.39, 0.29) is 6.10 Å². The van der Waals surface area contributed by atoms with E-state index in [1.165, 1.54) is 45.1 Å². The average Bonchev–Trinajstić information content (AvgIpc) is 2.86. The summed E-state index contributed by atoms with van der Waals surface area (Å²) in [6, 6.07) is 1.29. The van der Waals surface area contributed by atoms with Crippen molar-refractivity contribution in [3.05, 3.63) is 0 Å². The number of fused-ring (bicyclic) bond motifs is 2. The highest BCUT2D eigenvalue weighted by Crippen LogP contribution is 2.43. The summed E-state index contributed by atoms with van der Waals surface area (Å²) in [7, 11) is 0. The standard InChI is InChI=1S/C14H26N2O/c15-9-14(5-1-2-6-14)10-16-11-3-4-12(16)8-13(17)7-11/h11-13,17H,1-10,15H2. The number of aliphatic hydroxyl groups is 1. The van der Waals surface area contributed by atoms with E-state index in [1.807, 2.05) is 0 Å². The molecule has 3 fully saturated rings. The molecule has 98 valence electrons. The molecule has 0 spiro atoms. The van der Waals surface area contributed by atoms with Crippen LogP contribution in [0, 0.1) is 5.41 Å². The number of nitrogens with two attached hydrogens (primary N) is 1. The Morgan fingerprint density at radius 1 is 1.12 bits per heavy atom. The number of nitrogens with zero attached hydrogens (tertiary/aromatic N) is 1. The molecule has 2 aliphatic heterocycles. The van der Waals surface area contributed by atoms with Crippen molar-refractivity contribution in [2.45, 2.75) is 69.6 Å². The van der Waals surface area contributed by atoms with Gasteiger partial charge in [0.25, 0.3) is 0 Å². The van der Waals surface area contributed by atoms with Crippen molar-refractivity contribution in [3.63, 3.8) is 0 Å². The smallest absolute Gasteiger partial charge is 0.0570 e. The van der Waals surface area contributed by atoms with E-state index < -0.39 is 0 Å². The monoisotopic (exact) mass is 238 g/mol. The van der Waals surface area contributed by atoms with Crippen LogP contribution in [0.15, 0.2) is 0 Å². The Balaban J connectivity index is 1.69. The van der Waals surface area contributed by atoms with Gasteiger partial charge < -0.3 is 10.8 Å². The minimum atomic E-state index is -0.0406. The highest BCUT2D eigenvalue weighted by atomic mass is 16.3. The van der Waals surface area contributed by atoms with Crippen LogP contribution in [-0.4, -0.2) is 41.3 Å². The third-order valence-corrected chi connectivity index (χ3v) is 5.47. The van der Waals surface area contributed by atoms with Gasteiger partial charge in [-0.3, -0.25) is 4.90 Å². The summed E-state index contributed by atoms with van der Waals surface area (Å²) < 4.78 is 0. The minimum absolute atomic E-state index is 0.0406. The first-order chi connectivity index (χ1) is 8.22. The third kappa shape index (κ3) is 2.13. The van der Waals surface area contributed by atoms with Gasteiger partial charge >= 0.3 is 0 Å². The maximum Gasteiger partial charge on any atom is 0.0570 e. The second-order valence-electron chi connectivity index (χ2n) is 6.59. The van der Waals surface area contributed by atoms with Gasteiger partial charge in [-0.15, -0.1) is 0 Å². The fraction of sp³-hybridized carbons (Fsp3) is 1.00. The molecule has 0 aromatic carbocycles. The third-order valence-electron chi connectivity index (χ3n) is 5.47. The molecule has 3 N–H and O–H groups in total. The van der Waals surface area contributed by atoms with Crippen LogP contribution in [0.1, 0.15) is 51.4 Å². The first kappa shape index (κ1) is 11.9. The van der Waals surface area contributed by atoms with Gasteiger partial charge in [-0.1, -0.05) is 12.8 Å². The van der Waals surface area contributed by atoms with Gasteiger partial charge in [-0.05, 0) is 50.5 Å². The molecule has 0 aromatic heterocycles. The van der Waals surface area contributed by atoms with Crippen LogP contribution in [0.2, 0.25) is 0 Å². The van der Waals surface area contributed by atoms with Gasteiger partial charge in [0.2, 0.25) is 0 Å². The Hall–Kier alpha value is -0.120. The molecule has 1 saturated carbocycles. The largest absolute Gasteiger partial charge is 0.393 e. The van der Waals surface area contributed by atoms with Gasteiger partial charge in [0.05, 0.1) is 6.10 Å². The SMILES string of the molecule is NCC1(CN2C3CCC2CC(O)C3)CCCC1. The zero-order valence-corrected chi connectivity index (χ0v) is 10.8. The van der Waals surface area contributed by atoms with E-state index >= 15 is 0 Å². The van der Waals surface area contributed by atoms with E-state index in [1.54, 1.807) is 0 Å². The molecule has 17 heavy (non-hydrogen) atoms. The van der Waals surface area contributed by atoms with E-state index in [4.69, 9.17) is 5.73 Å². The topological polar surface area (TPSA) is 49.5 Å². The van der Waals surface area contributed by atoms with Gasteiger partial charge in [-0.2, -0.15) is 0 Å². The van der Waals surface area contributed by atoms with Crippen molar-refractivity contribution >= 4 is 0 Å². The second kappa shape index (κ2) is 4.52. The van der Waals surface area contributed by atoms with E-state index in [9.17, 15) is 5.11 Å². The lowest BCUT2D eigenvalue weighted by Gasteiger charge is -2.42. The lowest BCUT2D eigenvalue weighted by atomic mass is 9.84. The molecule has 2 heterocycles. The van der Waals surface area contributed by atoms with Crippen molar-refractivity contribution in [2.24, 2.45) is 11.1 Å². The highest BCUT2D eigenvalue weighted by molar-refractivity contribution is 4.99. The molecule has 0 radical (unpaired) electrons. The number of rotatable bonds is 3. The lowest BCUT2D eigenvalue weighted by molar-refractivity contribution is 0.0119. The summed E-state index contributed by atoms with van der Waals surface area (Å²) in [6.45, 7) is 2.05. The Morgan fingerprint density at radius 2 is 1.71 bits per heavy atom. The first-order valence-electron chi connectivity index (χ1n) is 7.36. The predicted octanol–water partition coefficient (Wildman–Crippen LogP) is 1.49. The molecule has 3 nitrogen and oxygen atoms in total. The molecule has 3 heteroatoms. The van der Waals surface area contributed by atoms with Gasteiger partial charge in [0.1, 0.15) is 0 Å². The Morgan fingerprint density at radius 3 is 2.24 bits per heavy atom. The van der Waals surface area contributed by atoms with E-state index in [2.05, 4.69) is 4.90 Å². The fourth-order valence-corrected chi connectivity index (χ4v) is 4.44.